The van der Waals surface area contributed by atoms with Crippen molar-refractivity contribution in [2.24, 2.45) is 0 Å². The molecule has 0 atom stereocenters. The molecule has 1 N–H and O–H groups in total. The number of ether oxygens (including phenoxy) is 1. The minimum absolute atomic E-state index is 0.0856. The largest absolute Gasteiger partial charge is 0.489 e. The molecule has 1 aromatic rings. The molecular formula is C14H20N2O3. The van der Waals surface area contributed by atoms with Gasteiger partial charge in [0.1, 0.15) is 12.4 Å². The molecule has 0 aliphatic heterocycles. The number of nitrogens with one attached hydrogen (secondary N) is 1. The third-order valence-corrected chi connectivity index (χ3v) is 2.55. The Hall–Kier alpha value is -1.88. The molecule has 0 aromatic heterocycles. The molecule has 5 nitrogen and oxygen atoms in total. The van der Waals surface area contributed by atoms with Gasteiger partial charge in [0.05, 0.1) is 4.92 Å². The quantitative estimate of drug-likeness (QED) is 0.467. The summed E-state index contributed by atoms with van der Waals surface area (Å²) in [6.07, 6.45) is 1.97. The zero-order chi connectivity index (χ0) is 14.3. The van der Waals surface area contributed by atoms with Gasteiger partial charge in [-0.1, -0.05) is 12.5 Å². The molecule has 0 radical (unpaired) electrons. The van der Waals surface area contributed by atoms with Crippen LogP contribution in [0.1, 0.15) is 26.3 Å². The van der Waals surface area contributed by atoms with Gasteiger partial charge in [-0.2, -0.15) is 0 Å². The third-order valence-electron chi connectivity index (χ3n) is 2.55. The van der Waals surface area contributed by atoms with Crippen molar-refractivity contribution < 1.29 is 9.66 Å². The van der Waals surface area contributed by atoms with Gasteiger partial charge in [0.25, 0.3) is 5.69 Å². The maximum Gasteiger partial charge on any atom is 0.270 e. The van der Waals surface area contributed by atoms with E-state index in [0.717, 1.165) is 12.1 Å². The minimum atomic E-state index is -0.394. The van der Waals surface area contributed by atoms with Gasteiger partial charge in [0.2, 0.25) is 0 Å². The Morgan fingerprint density at radius 2 is 2.21 bits per heavy atom. The first-order valence-electron chi connectivity index (χ1n) is 6.28. The smallest absolute Gasteiger partial charge is 0.270 e. The number of benzene rings is 1. The fourth-order valence-electron chi connectivity index (χ4n) is 1.52. The summed E-state index contributed by atoms with van der Waals surface area (Å²) < 4.78 is 5.64. The molecule has 0 fully saturated rings. The van der Waals surface area contributed by atoms with Crippen LogP contribution in [0.15, 0.2) is 29.8 Å². The second kappa shape index (κ2) is 7.53. The van der Waals surface area contributed by atoms with E-state index in [2.05, 4.69) is 5.32 Å². The van der Waals surface area contributed by atoms with Gasteiger partial charge in [-0.05, 0) is 32.5 Å². The molecule has 5 heteroatoms. The van der Waals surface area contributed by atoms with Crippen LogP contribution in [0.3, 0.4) is 0 Å². The number of nitrogens with zero attached hydrogens (tertiary/aromatic N) is 1. The molecular weight excluding hydrogens is 244 g/mol. The highest BCUT2D eigenvalue weighted by molar-refractivity contribution is 5.43. The van der Waals surface area contributed by atoms with Gasteiger partial charge in [-0.15, -0.1) is 0 Å². The van der Waals surface area contributed by atoms with Crippen LogP contribution in [-0.2, 0) is 6.54 Å². The van der Waals surface area contributed by atoms with Crippen LogP contribution in [0.4, 0.5) is 5.69 Å². The maximum atomic E-state index is 10.8. The summed E-state index contributed by atoms with van der Waals surface area (Å²) in [5.41, 5.74) is 2.07. The van der Waals surface area contributed by atoms with E-state index < -0.39 is 4.92 Å². The SMILES string of the molecule is CCNCc1cc([N+](=O)[O-])ccc1OCC=C(C)C. The molecule has 1 rings (SSSR count). The highest BCUT2D eigenvalue weighted by Gasteiger charge is 2.11. The van der Waals surface area contributed by atoms with E-state index in [1.54, 1.807) is 12.1 Å². The maximum absolute atomic E-state index is 10.8. The van der Waals surface area contributed by atoms with E-state index in [-0.39, 0.29) is 5.69 Å². The number of hydrogen-bond acceptors (Lipinski definition) is 4. The molecule has 0 aliphatic rings. The summed E-state index contributed by atoms with van der Waals surface area (Å²) in [7, 11) is 0. The first kappa shape index (κ1) is 15.2. The Morgan fingerprint density at radius 3 is 2.79 bits per heavy atom. The lowest BCUT2D eigenvalue weighted by molar-refractivity contribution is -0.384. The summed E-state index contributed by atoms with van der Waals surface area (Å²) in [5, 5.41) is 13.9. The van der Waals surface area contributed by atoms with Crippen LogP contribution < -0.4 is 10.1 Å². The lowest BCUT2D eigenvalue weighted by Gasteiger charge is -2.10. The van der Waals surface area contributed by atoms with Crippen LogP contribution in [0.2, 0.25) is 0 Å². The number of rotatable bonds is 7. The summed E-state index contributed by atoms with van der Waals surface area (Å²) in [5.74, 6) is 0.684. The van der Waals surface area contributed by atoms with Gasteiger partial charge in [0, 0.05) is 24.2 Å². The van der Waals surface area contributed by atoms with E-state index >= 15 is 0 Å². The zero-order valence-corrected chi connectivity index (χ0v) is 11.6. The van der Waals surface area contributed by atoms with Crippen LogP contribution >= 0.6 is 0 Å². The monoisotopic (exact) mass is 264 g/mol. The summed E-state index contributed by atoms with van der Waals surface area (Å²) in [4.78, 5) is 10.4. The Kier molecular flexibility index (Phi) is 6.02. The lowest BCUT2D eigenvalue weighted by Crippen LogP contribution is -2.13. The van der Waals surface area contributed by atoms with Crippen molar-refractivity contribution in [3.8, 4) is 5.75 Å². The summed E-state index contributed by atoms with van der Waals surface area (Å²) >= 11 is 0. The zero-order valence-electron chi connectivity index (χ0n) is 11.6. The second-order valence-corrected chi connectivity index (χ2v) is 4.42. The molecule has 0 saturated heterocycles. The van der Waals surface area contributed by atoms with Gasteiger partial charge >= 0.3 is 0 Å². The average molecular weight is 264 g/mol. The van der Waals surface area contributed by atoms with Crippen molar-refractivity contribution >= 4 is 5.69 Å². The normalized spacial score (nSPS) is 10.1. The molecule has 0 spiro atoms. The van der Waals surface area contributed by atoms with Gasteiger partial charge in [-0.3, -0.25) is 10.1 Å². The number of non-ortho nitro benzene ring substituents is 1. The van der Waals surface area contributed by atoms with Crippen LogP contribution in [0.5, 0.6) is 5.75 Å². The van der Waals surface area contributed by atoms with E-state index in [9.17, 15) is 10.1 Å². The molecule has 1 aromatic carbocycles. The Bertz CT molecular complexity index is 466. The van der Waals surface area contributed by atoms with Crippen LogP contribution in [-0.4, -0.2) is 18.1 Å². The topological polar surface area (TPSA) is 64.4 Å². The molecule has 0 amide bonds. The third kappa shape index (κ3) is 5.09. The molecule has 0 aliphatic carbocycles. The number of hydrogen-bond donors (Lipinski definition) is 1. The van der Waals surface area contributed by atoms with E-state index in [1.165, 1.54) is 11.6 Å². The van der Waals surface area contributed by atoms with Crippen molar-refractivity contribution in [3.63, 3.8) is 0 Å². The van der Waals surface area contributed by atoms with E-state index in [4.69, 9.17) is 4.74 Å². The number of allylic oxidation sites excluding steroid dienone is 1. The first-order chi connectivity index (χ1) is 9.04. The standard InChI is InChI=1S/C14H20N2O3/c1-4-15-10-12-9-13(16(17)18)5-6-14(12)19-8-7-11(2)3/h5-7,9,15H,4,8,10H2,1-3H3. The van der Waals surface area contributed by atoms with E-state index in [1.807, 2.05) is 26.8 Å². The van der Waals surface area contributed by atoms with Gasteiger partial charge in [0.15, 0.2) is 0 Å². The highest BCUT2D eigenvalue weighted by Crippen LogP contribution is 2.24. The summed E-state index contributed by atoms with van der Waals surface area (Å²) in [6, 6.07) is 4.68. The van der Waals surface area contributed by atoms with Crippen LogP contribution in [0.25, 0.3) is 0 Å². The Labute approximate surface area is 113 Å². The van der Waals surface area contributed by atoms with Gasteiger partial charge in [-0.25, -0.2) is 0 Å². The van der Waals surface area contributed by atoms with Gasteiger partial charge < -0.3 is 10.1 Å². The second-order valence-electron chi connectivity index (χ2n) is 4.42. The molecule has 0 unspecified atom stereocenters. The van der Waals surface area contributed by atoms with Crippen molar-refractivity contribution in [1.29, 1.82) is 0 Å². The van der Waals surface area contributed by atoms with Crippen molar-refractivity contribution in [1.82, 2.24) is 5.32 Å². The fourth-order valence-corrected chi connectivity index (χ4v) is 1.52. The minimum Gasteiger partial charge on any atom is -0.489 e. The highest BCUT2D eigenvalue weighted by atomic mass is 16.6. The first-order valence-corrected chi connectivity index (χ1v) is 6.28. The summed E-state index contributed by atoms with van der Waals surface area (Å²) in [6.45, 7) is 7.82. The van der Waals surface area contributed by atoms with Crippen LogP contribution in [0, 0.1) is 10.1 Å². The Balaban J connectivity index is 2.88. The van der Waals surface area contributed by atoms with Crippen molar-refractivity contribution in [3.05, 3.63) is 45.5 Å². The predicted octanol–water partition coefficient (Wildman–Crippen LogP) is 3.05. The number of nitro benzene ring substituents is 1. The van der Waals surface area contributed by atoms with Crippen molar-refractivity contribution in [2.75, 3.05) is 13.2 Å². The van der Waals surface area contributed by atoms with E-state index in [0.29, 0.717) is 18.9 Å². The molecule has 0 saturated carbocycles. The predicted molar refractivity (Wildman–Crippen MR) is 75.4 cm³/mol. The molecule has 19 heavy (non-hydrogen) atoms. The Morgan fingerprint density at radius 1 is 1.47 bits per heavy atom. The molecule has 0 heterocycles. The lowest BCUT2D eigenvalue weighted by atomic mass is 10.1. The molecule has 0 bridgehead atoms. The average Bonchev–Trinajstić information content (AvgIpc) is 2.36. The number of nitro groups is 1. The fraction of sp³-hybridized carbons (Fsp3) is 0.429. The molecule has 104 valence electrons. The van der Waals surface area contributed by atoms with Crippen molar-refractivity contribution in [2.45, 2.75) is 27.3 Å².